The van der Waals surface area contributed by atoms with Crippen LogP contribution in [0.2, 0.25) is 10.0 Å². The normalized spacial score (nSPS) is 14.9. The van der Waals surface area contributed by atoms with Gasteiger partial charge in [0, 0.05) is 11.8 Å². The van der Waals surface area contributed by atoms with Crippen LogP contribution in [0.3, 0.4) is 0 Å². The number of carbonyl (C=O) groups excluding carboxylic acids is 1. The molecular weight excluding hydrogens is 269 g/mol. The molecule has 4 heteroatoms. The zero-order valence-electron chi connectivity index (χ0n) is 9.89. The zero-order valence-corrected chi connectivity index (χ0v) is 11.4. The molecule has 0 bridgehead atoms. The van der Waals surface area contributed by atoms with Crippen LogP contribution in [0.1, 0.15) is 34.5 Å². The monoisotopic (exact) mass is 279 g/mol. The molecule has 18 heavy (non-hydrogen) atoms. The van der Waals surface area contributed by atoms with E-state index in [9.17, 15) is 4.79 Å². The van der Waals surface area contributed by atoms with Crippen LogP contribution in [0, 0.1) is 6.92 Å². The van der Waals surface area contributed by atoms with Gasteiger partial charge in [0.1, 0.15) is 5.69 Å². The molecule has 0 radical (unpaired) electrons. The topological polar surface area (TPSA) is 30.0 Å². The first-order valence-corrected chi connectivity index (χ1v) is 6.65. The van der Waals surface area contributed by atoms with Crippen LogP contribution in [0.25, 0.3) is 10.9 Å². The van der Waals surface area contributed by atoms with Gasteiger partial charge >= 0.3 is 0 Å². The van der Waals surface area contributed by atoms with Crippen LogP contribution in [0.5, 0.6) is 0 Å². The maximum Gasteiger partial charge on any atom is 0.181 e. The van der Waals surface area contributed by atoms with Crippen molar-refractivity contribution >= 4 is 39.9 Å². The van der Waals surface area contributed by atoms with Gasteiger partial charge < -0.3 is 0 Å². The molecule has 3 rings (SSSR count). The maximum atomic E-state index is 11.9. The van der Waals surface area contributed by atoms with E-state index in [4.69, 9.17) is 23.2 Å². The van der Waals surface area contributed by atoms with Gasteiger partial charge in [0.05, 0.1) is 15.6 Å². The lowest BCUT2D eigenvalue weighted by molar-refractivity contribution is 0.0967. The number of halogens is 2. The van der Waals surface area contributed by atoms with E-state index in [-0.39, 0.29) is 5.78 Å². The predicted octanol–water partition coefficient (Wildman–Crippen LogP) is 4.37. The third kappa shape index (κ3) is 1.72. The Balaban J connectivity index is 2.40. The molecule has 0 saturated heterocycles. The summed E-state index contributed by atoms with van der Waals surface area (Å²) in [6.45, 7) is 2.02. The Hall–Kier alpha value is -1.12. The molecular formula is C14H11Cl2NO. The average Bonchev–Trinajstić information content (AvgIpc) is 2.34. The van der Waals surface area contributed by atoms with E-state index in [0.717, 1.165) is 34.9 Å². The zero-order chi connectivity index (χ0) is 12.9. The summed E-state index contributed by atoms with van der Waals surface area (Å²) in [5.41, 5.74) is 3.53. The molecule has 1 heterocycles. The lowest BCUT2D eigenvalue weighted by Crippen LogP contribution is -2.14. The van der Waals surface area contributed by atoms with Crippen molar-refractivity contribution in [3.05, 3.63) is 39.0 Å². The van der Waals surface area contributed by atoms with Crippen molar-refractivity contribution < 1.29 is 4.79 Å². The summed E-state index contributed by atoms with van der Waals surface area (Å²) in [6.07, 6.45) is 2.41. The number of Topliss-reactive ketones (excluding diaryl/α,β-unsaturated/α-hetero) is 1. The van der Waals surface area contributed by atoms with Crippen LogP contribution in [-0.4, -0.2) is 10.8 Å². The minimum atomic E-state index is 0.132. The maximum absolute atomic E-state index is 11.9. The quantitative estimate of drug-likeness (QED) is 0.717. The minimum absolute atomic E-state index is 0.132. The molecule has 2 aromatic rings. The highest BCUT2D eigenvalue weighted by molar-refractivity contribution is 6.42. The lowest BCUT2D eigenvalue weighted by Gasteiger charge is -2.18. The summed E-state index contributed by atoms with van der Waals surface area (Å²) in [5, 5.41) is 1.98. The van der Waals surface area contributed by atoms with Gasteiger partial charge in [-0.3, -0.25) is 4.79 Å². The molecule has 0 spiro atoms. The summed E-state index contributed by atoms with van der Waals surface area (Å²) in [5.74, 6) is 0.132. The van der Waals surface area contributed by atoms with Crippen LogP contribution in [0.4, 0.5) is 0 Å². The van der Waals surface area contributed by atoms with E-state index in [1.165, 1.54) is 0 Å². The molecule has 0 amide bonds. The van der Waals surface area contributed by atoms with E-state index in [1.54, 1.807) is 6.07 Å². The van der Waals surface area contributed by atoms with Gasteiger partial charge in [-0.2, -0.15) is 0 Å². The van der Waals surface area contributed by atoms with Gasteiger partial charge in [-0.05, 0) is 43.0 Å². The first kappa shape index (κ1) is 11.9. The van der Waals surface area contributed by atoms with Gasteiger partial charge in [0.2, 0.25) is 0 Å². The minimum Gasteiger partial charge on any atom is -0.292 e. The number of rotatable bonds is 0. The number of hydrogen-bond donors (Lipinski definition) is 0. The molecule has 2 nitrogen and oxygen atoms in total. The highest BCUT2D eigenvalue weighted by atomic mass is 35.5. The Labute approximate surface area is 115 Å². The lowest BCUT2D eigenvalue weighted by atomic mass is 9.90. The second-order valence-corrected chi connectivity index (χ2v) is 5.44. The van der Waals surface area contributed by atoms with E-state index in [1.807, 2.05) is 13.0 Å². The molecule has 1 aromatic heterocycles. The molecule has 0 unspecified atom stereocenters. The molecule has 0 aliphatic heterocycles. The van der Waals surface area contributed by atoms with Gasteiger partial charge in [-0.15, -0.1) is 0 Å². The van der Waals surface area contributed by atoms with Crippen molar-refractivity contribution in [2.75, 3.05) is 0 Å². The number of ketones is 1. The van der Waals surface area contributed by atoms with Crippen molar-refractivity contribution in [2.24, 2.45) is 0 Å². The van der Waals surface area contributed by atoms with Crippen LogP contribution < -0.4 is 0 Å². The SMILES string of the molecule is Cc1c2c(nc3cc(Cl)c(Cl)cc13)C(=O)CCC2. The van der Waals surface area contributed by atoms with Crippen LogP contribution in [0.15, 0.2) is 12.1 Å². The predicted molar refractivity (Wildman–Crippen MR) is 73.8 cm³/mol. The third-order valence-corrected chi connectivity index (χ3v) is 4.23. The van der Waals surface area contributed by atoms with Gasteiger partial charge in [0.15, 0.2) is 5.78 Å². The molecule has 0 N–H and O–H groups in total. The fraction of sp³-hybridized carbons (Fsp3) is 0.286. The van der Waals surface area contributed by atoms with E-state index < -0.39 is 0 Å². The van der Waals surface area contributed by atoms with Crippen molar-refractivity contribution in [1.29, 1.82) is 0 Å². The summed E-state index contributed by atoms with van der Waals surface area (Å²) in [4.78, 5) is 16.4. The molecule has 92 valence electrons. The molecule has 0 atom stereocenters. The van der Waals surface area contributed by atoms with Crippen molar-refractivity contribution in [3.8, 4) is 0 Å². The average molecular weight is 280 g/mol. The fourth-order valence-electron chi connectivity index (χ4n) is 2.54. The Bertz CT molecular complexity index is 679. The first-order chi connectivity index (χ1) is 8.58. The number of hydrogen-bond acceptors (Lipinski definition) is 2. The number of nitrogens with zero attached hydrogens (tertiary/aromatic N) is 1. The van der Waals surface area contributed by atoms with Gasteiger partial charge in [0.25, 0.3) is 0 Å². The Morgan fingerprint density at radius 1 is 1.17 bits per heavy atom. The molecule has 1 aliphatic rings. The second kappa shape index (κ2) is 4.22. The fourth-order valence-corrected chi connectivity index (χ4v) is 2.86. The molecule has 1 aliphatic carbocycles. The van der Waals surface area contributed by atoms with Crippen LogP contribution in [-0.2, 0) is 6.42 Å². The number of aromatic nitrogens is 1. The Morgan fingerprint density at radius 3 is 2.67 bits per heavy atom. The molecule has 1 aromatic carbocycles. The molecule has 0 fully saturated rings. The smallest absolute Gasteiger partial charge is 0.181 e. The second-order valence-electron chi connectivity index (χ2n) is 4.62. The van der Waals surface area contributed by atoms with Crippen molar-refractivity contribution in [2.45, 2.75) is 26.2 Å². The third-order valence-electron chi connectivity index (χ3n) is 3.51. The Morgan fingerprint density at radius 2 is 1.89 bits per heavy atom. The van der Waals surface area contributed by atoms with E-state index in [0.29, 0.717) is 22.2 Å². The largest absolute Gasteiger partial charge is 0.292 e. The highest BCUT2D eigenvalue weighted by Gasteiger charge is 2.22. The summed E-state index contributed by atoms with van der Waals surface area (Å²) in [7, 11) is 0. The summed E-state index contributed by atoms with van der Waals surface area (Å²) in [6, 6.07) is 3.56. The number of fused-ring (bicyclic) bond motifs is 2. The van der Waals surface area contributed by atoms with Gasteiger partial charge in [-0.25, -0.2) is 4.98 Å². The summed E-state index contributed by atoms with van der Waals surface area (Å²) >= 11 is 12.0. The van der Waals surface area contributed by atoms with Crippen LogP contribution >= 0.6 is 23.2 Å². The number of aryl methyl sites for hydroxylation is 1. The van der Waals surface area contributed by atoms with E-state index in [2.05, 4.69) is 4.98 Å². The Kier molecular flexibility index (Phi) is 2.80. The standard InChI is InChI=1S/C14H11Cl2NO/c1-7-8-3-2-4-13(18)14(8)17-12-6-11(16)10(15)5-9(7)12/h5-6H,2-4H2,1H3. The van der Waals surface area contributed by atoms with Crippen molar-refractivity contribution in [1.82, 2.24) is 4.98 Å². The number of carbonyl (C=O) groups is 1. The van der Waals surface area contributed by atoms with Crippen molar-refractivity contribution in [3.63, 3.8) is 0 Å². The van der Waals surface area contributed by atoms with Gasteiger partial charge in [-0.1, -0.05) is 23.2 Å². The van der Waals surface area contributed by atoms with E-state index >= 15 is 0 Å². The molecule has 0 saturated carbocycles. The highest BCUT2D eigenvalue weighted by Crippen LogP contribution is 2.33. The number of pyridine rings is 1. The summed E-state index contributed by atoms with van der Waals surface area (Å²) < 4.78 is 0. The first-order valence-electron chi connectivity index (χ1n) is 5.89. The number of benzene rings is 1.